The first kappa shape index (κ1) is 30.1. The van der Waals surface area contributed by atoms with Gasteiger partial charge in [0, 0.05) is 11.7 Å². The van der Waals surface area contributed by atoms with Crippen LogP contribution in [0.3, 0.4) is 0 Å². The van der Waals surface area contributed by atoms with Crippen LogP contribution >= 0.6 is 0 Å². The molecule has 11 heteroatoms. The van der Waals surface area contributed by atoms with Crippen molar-refractivity contribution in [2.45, 2.75) is 75.9 Å². The van der Waals surface area contributed by atoms with Crippen LogP contribution in [-0.4, -0.2) is 37.6 Å². The van der Waals surface area contributed by atoms with Crippen LogP contribution < -0.4 is 10.0 Å². The van der Waals surface area contributed by atoms with Gasteiger partial charge < -0.3 is 10.4 Å². The summed E-state index contributed by atoms with van der Waals surface area (Å²) in [7, 11) is -3.66. The van der Waals surface area contributed by atoms with Crippen molar-refractivity contribution >= 4 is 27.6 Å². The highest BCUT2D eigenvalue weighted by molar-refractivity contribution is 7.92. The molecule has 204 valence electrons. The molecule has 0 aliphatic heterocycles. The van der Waals surface area contributed by atoms with E-state index in [0.717, 1.165) is 36.8 Å². The van der Waals surface area contributed by atoms with Crippen LogP contribution in [0.15, 0.2) is 53.4 Å². The normalized spacial score (nSPS) is 15.2. The molecule has 1 aliphatic carbocycles. The number of hydrogen-bond donors (Lipinski definition) is 3. The van der Waals surface area contributed by atoms with Crippen LogP contribution in [-0.2, 0) is 31.4 Å². The van der Waals surface area contributed by atoms with Gasteiger partial charge in [-0.3, -0.25) is 9.52 Å². The van der Waals surface area contributed by atoms with E-state index in [-0.39, 0.29) is 16.8 Å². The standard InChI is InChI=1S/C24H32N2O3S.C2HF3O2/c1-5-18(4)25-23(27)24(14-15-24)20-8-10-21(11-9-20)26-30(28,29)22-12-6-19(7-13-22)16-17(2)3;3-2(4,5)1(6)7/h6-13,17-18,26H,5,14-16H2,1-4H3,(H,25,27);(H,6,7). The van der Waals surface area contributed by atoms with Gasteiger partial charge in [0.05, 0.1) is 10.3 Å². The quantitative estimate of drug-likeness (QED) is 0.400. The zero-order valence-electron chi connectivity index (χ0n) is 21.2. The highest BCUT2D eigenvalue weighted by atomic mass is 32.2. The SMILES string of the molecule is CCC(C)NC(=O)C1(c2ccc(NS(=O)(=O)c3ccc(CC(C)C)cc3)cc2)CC1.O=C(O)C(F)(F)F. The Hall–Kier alpha value is -3.08. The van der Waals surface area contributed by atoms with Gasteiger partial charge in [0.2, 0.25) is 5.91 Å². The fourth-order valence-corrected chi connectivity index (χ4v) is 4.64. The minimum absolute atomic E-state index is 0.0617. The van der Waals surface area contributed by atoms with Crippen molar-refractivity contribution in [1.82, 2.24) is 5.32 Å². The second kappa shape index (κ2) is 12.0. The number of carboxylic acid groups (broad SMARTS) is 1. The summed E-state index contributed by atoms with van der Waals surface area (Å²) in [5.41, 5.74) is 2.08. The van der Waals surface area contributed by atoms with Gasteiger partial charge in [0.15, 0.2) is 0 Å². The number of carbonyl (C=O) groups is 2. The summed E-state index contributed by atoms with van der Waals surface area (Å²) in [5.74, 6) is -2.18. The number of hydrogen-bond acceptors (Lipinski definition) is 4. The molecule has 1 fully saturated rings. The Morgan fingerprint density at radius 3 is 1.92 bits per heavy atom. The molecule has 0 saturated heterocycles. The van der Waals surface area contributed by atoms with Crippen LogP contribution in [0.4, 0.5) is 18.9 Å². The Balaban J connectivity index is 0.000000604. The minimum Gasteiger partial charge on any atom is -0.475 e. The lowest BCUT2D eigenvalue weighted by molar-refractivity contribution is -0.192. The highest BCUT2D eigenvalue weighted by Gasteiger charge is 2.51. The van der Waals surface area contributed by atoms with Crippen LogP contribution in [0.2, 0.25) is 0 Å². The molecule has 3 N–H and O–H groups in total. The summed E-state index contributed by atoms with van der Waals surface area (Å²) < 4.78 is 59.8. The van der Waals surface area contributed by atoms with E-state index in [1.165, 1.54) is 0 Å². The molecule has 2 aromatic carbocycles. The first-order valence-corrected chi connectivity index (χ1v) is 13.4. The summed E-state index contributed by atoms with van der Waals surface area (Å²) in [6.45, 7) is 8.32. The number of carbonyl (C=O) groups excluding carboxylic acids is 1. The Labute approximate surface area is 215 Å². The Morgan fingerprint density at radius 2 is 1.51 bits per heavy atom. The number of alkyl halides is 3. The van der Waals surface area contributed by atoms with Gasteiger partial charge in [-0.15, -0.1) is 0 Å². The molecule has 37 heavy (non-hydrogen) atoms. The molecule has 0 radical (unpaired) electrons. The monoisotopic (exact) mass is 542 g/mol. The third kappa shape index (κ3) is 8.48. The molecule has 0 bridgehead atoms. The van der Waals surface area contributed by atoms with Crippen molar-refractivity contribution in [2.24, 2.45) is 5.92 Å². The van der Waals surface area contributed by atoms with E-state index in [2.05, 4.69) is 23.9 Å². The van der Waals surface area contributed by atoms with Crippen LogP contribution in [0.1, 0.15) is 58.1 Å². The lowest BCUT2D eigenvalue weighted by Gasteiger charge is -2.19. The van der Waals surface area contributed by atoms with E-state index in [4.69, 9.17) is 9.90 Å². The van der Waals surface area contributed by atoms with Gasteiger partial charge in [0.1, 0.15) is 0 Å². The third-order valence-electron chi connectivity index (χ3n) is 5.98. The highest BCUT2D eigenvalue weighted by Crippen LogP contribution is 2.48. The fraction of sp³-hybridized carbons (Fsp3) is 0.462. The van der Waals surface area contributed by atoms with E-state index in [9.17, 15) is 26.4 Å². The smallest absolute Gasteiger partial charge is 0.475 e. The van der Waals surface area contributed by atoms with E-state index < -0.39 is 27.6 Å². The topological polar surface area (TPSA) is 113 Å². The zero-order chi connectivity index (χ0) is 28.0. The molecular weight excluding hydrogens is 509 g/mol. The molecule has 0 heterocycles. The van der Waals surface area contributed by atoms with Crippen molar-refractivity contribution in [3.8, 4) is 0 Å². The first-order valence-electron chi connectivity index (χ1n) is 11.9. The predicted molar refractivity (Wildman–Crippen MR) is 135 cm³/mol. The number of rotatable bonds is 9. The molecule has 1 atom stereocenters. The molecule has 0 spiro atoms. The number of aliphatic carboxylic acids is 1. The molecule has 0 aromatic heterocycles. The Kier molecular flexibility index (Phi) is 9.76. The van der Waals surface area contributed by atoms with Crippen molar-refractivity contribution in [3.05, 3.63) is 59.7 Å². The van der Waals surface area contributed by atoms with E-state index >= 15 is 0 Å². The molecule has 2 aromatic rings. The fourth-order valence-electron chi connectivity index (χ4n) is 3.58. The van der Waals surface area contributed by atoms with E-state index in [0.29, 0.717) is 11.6 Å². The number of carboxylic acids is 1. The zero-order valence-corrected chi connectivity index (χ0v) is 22.0. The summed E-state index contributed by atoms with van der Waals surface area (Å²) >= 11 is 0. The largest absolute Gasteiger partial charge is 0.490 e. The van der Waals surface area contributed by atoms with Crippen LogP contribution in [0.5, 0.6) is 0 Å². The summed E-state index contributed by atoms with van der Waals surface area (Å²) in [6.07, 6.45) is -1.63. The number of sulfonamides is 1. The number of anilines is 1. The molecule has 1 saturated carbocycles. The third-order valence-corrected chi connectivity index (χ3v) is 7.38. The maximum absolute atomic E-state index is 12.7. The summed E-state index contributed by atoms with van der Waals surface area (Å²) in [4.78, 5) is 21.8. The van der Waals surface area contributed by atoms with E-state index in [1.54, 1.807) is 24.3 Å². The van der Waals surface area contributed by atoms with Gasteiger partial charge in [0.25, 0.3) is 10.0 Å². The molecule has 1 aliphatic rings. The molecule has 1 unspecified atom stereocenters. The molecular formula is C26H33F3N2O5S. The Bertz CT molecular complexity index is 1170. The van der Waals surface area contributed by atoms with Crippen molar-refractivity contribution in [3.63, 3.8) is 0 Å². The van der Waals surface area contributed by atoms with Crippen LogP contribution in [0, 0.1) is 5.92 Å². The van der Waals surface area contributed by atoms with Crippen molar-refractivity contribution in [2.75, 3.05) is 4.72 Å². The number of nitrogens with one attached hydrogen (secondary N) is 2. The number of halogens is 3. The van der Waals surface area contributed by atoms with Crippen molar-refractivity contribution < 1.29 is 36.3 Å². The second-order valence-electron chi connectivity index (χ2n) is 9.59. The summed E-state index contributed by atoms with van der Waals surface area (Å²) in [6, 6.07) is 14.3. The maximum Gasteiger partial charge on any atom is 0.490 e. The van der Waals surface area contributed by atoms with Crippen LogP contribution in [0.25, 0.3) is 0 Å². The number of amides is 1. The van der Waals surface area contributed by atoms with E-state index in [1.807, 2.05) is 38.1 Å². The van der Waals surface area contributed by atoms with Gasteiger partial charge in [-0.05, 0) is 73.9 Å². The van der Waals surface area contributed by atoms with Gasteiger partial charge >= 0.3 is 12.1 Å². The minimum atomic E-state index is -5.08. The lowest BCUT2D eigenvalue weighted by Crippen LogP contribution is -2.39. The molecule has 1 amide bonds. The predicted octanol–water partition coefficient (Wildman–Crippen LogP) is 5.27. The molecule has 3 rings (SSSR count). The maximum atomic E-state index is 12.7. The summed E-state index contributed by atoms with van der Waals surface area (Å²) in [5, 5.41) is 10.2. The van der Waals surface area contributed by atoms with Gasteiger partial charge in [-0.1, -0.05) is 45.0 Å². The first-order chi connectivity index (χ1) is 17.1. The Morgan fingerprint density at radius 1 is 1.00 bits per heavy atom. The second-order valence-corrected chi connectivity index (χ2v) is 11.3. The van der Waals surface area contributed by atoms with Gasteiger partial charge in [-0.25, -0.2) is 13.2 Å². The average Bonchev–Trinajstić information content (AvgIpc) is 3.61. The lowest BCUT2D eigenvalue weighted by atomic mass is 9.94. The average molecular weight is 543 g/mol. The van der Waals surface area contributed by atoms with Gasteiger partial charge in [-0.2, -0.15) is 13.2 Å². The number of benzene rings is 2. The molecule has 7 nitrogen and oxygen atoms in total. The van der Waals surface area contributed by atoms with Crippen molar-refractivity contribution in [1.29, 1.82) is 0 Å².